The van der Waals surface area contributed by atoms with E-state index in [0.717, 1.165) is 51.4 Å². The summed E-state index contributed by atoms with van der Waals surface area (Å²) in [6.45, 7) is 1.83. The van der Waals surface area contributed by atoms with Crippen LogP contribution in [0.2, 0.25) is 0 Å². The predicted octanol–water partition coefficient (Wildman–Crippen LogP) is 3.37. The summed E-state index contributed by atoms with van der Waals surface area (Å²) in [5.74, 6) is -0.547. The van der Waals surface area contributed by atoms with Crippen LogP contribution in [0.25, 0.3) is 0 Å². The Balaban J connectivity index is 1.61. The highest BCUT2D eigenvalue weighted by Gasteiger charge is 2.24. The molecule has 1 unspecified atom stereocenters. The molecule has 2 rings (SSSR count). The average molecular weight is 282 g/mol. The van der Waals surface area contributed by atoms with Gasteiger partial charge in [0.1, 0.15) is 12.2 Å². The second-order valence-electron chi connectivity index (χ2n) is 6.18. The molecule has 0 amide bonds. The Morgan fingerprint density at radius 1 is 0.950 bits per heavy atom. The molecule has 114 valence electrons. The summed E-state index contributed by atoms with van der Waals surface area (Å²) in [5.41, 5.74) is 0. The number of ether oxygens (including phenoxy) is 2. The first-order valence-corrected chi connectivity index (χ1v) is 8.05. The molecule has 0 aromatic carbocycles. The first-order chi connectivity index (χ1) is 9.65. The topological polar surface area (TPSA) is 52.6 Å². The summed E-state index contributed by atoms with van der Waals surface area (Å²) in [7, 11) is 0. The number of carbonyl (C=O) groups is 2. The van der Waals surface area contributed by atoms with E-state index in [9.17, 15) is 9.59 Å². The monoisotopic (exact) mass is 282 g/mol. The Hall–Kier alpha value is -1.06. The molecule has 1 atom stereocenters. The molecule has 0 aliphatic heterocycles. The molecule has 0 bridgehead atoms. The fourth-order valence-corrected chi connectivity index (χ4v) is 2.99. The van der Waals surface area contributed by atoms with Gasteiger partial charge in [-0.1, -0.05) is 6.92 Å². The van der Waals surface area contributed by atoms with Crippen molar-refractivity contribution < 1.29 is 19.1 Å². The van der Waals surface area contributed by atoms with Gasteiger partial charge in [-0.25, -0.2) is 0 Å². The van der Waals surface area contributed by atoms with E-state index in [0.29, 0.717) is 12.8 Å². The first-order valence-electron chi connectivity index (χ1n) is 8.05. The van der Waals surface area contributed by atoms with Crippen LogP contribution in [0.15, 0.2) is 0 Å². The zero-order valence-corrected chi connectivity index (χ0v) is 12.4. The van der Waals surface area contributed by atoms with E-state index in [4.69, 9.17) is 9.47 Å². The van der Waals surface area contributed by atoms with Crippen LogP contribution in [0.4, 0.5) is 0 Å². The molecule has 4 heteroatoms. The summed E-state index contributed by atoms with van der Waals surface area (Å²) in [6, 6.07) is 0. The zero-order chi connectivity index (χ0) is 14.4. The van der Waals surface area contributed by atoms with Crippen LogP contribution in [0.1, 0.15) is 71.1 Å². The molecular formula is C16H26O4. The van der Waals surface area contributed by atoms with E-state index in [1.54, 1.807) is 0 Å². The van der Waals surface area contributed by atoms with Gasteiger partial charge < -0.3 is 9.47 Å². The fourth-order valence-electron chi connectivity index (χ4n) is 2.99. The zero-order valence-electron chi connectivity index (χ0n) is 12.4. The van der Waals surface area contributed by atoms with Crippen molar-refractivity contribution in [3.8, 4) is 0 Å². The molecule has 2 saturated carbocycles. The minimum absolute atomic E-state index is 0.107. The van der Waals surface area contributed by atoms with Crippen molar-refractivity contribution in [2.24, 2.45) is 5.92 Å². The van der Waals surface area contributed by atoms with Gasteiger partial charge in [0.2, 0.25) is 0 Å². The number of rotatable bonds is 6. The Morgan fingerprint density at radius 3 is 2.00 bits per heavy atom. The largest absolute Gasteiger partial charge is 0.462 e. The molecule has 2 aliphatic carbocycles. The van der Waals surface area contributed by atoms with E-state index in [2.05, 4.69) is 0 Å². The fraction of sp³-hybridized carbons (Fsp3) is 0.875. The molecular weight excluding hydrogens is 256 g/mol. The van der Waals surface area contributed by atoms with Crippen molar-refractivity contribution in [2.75, 3.05) is 0 Å². The number of hydrogen-bond acceptors (Lipinski definition) is 4. The van der Waals surface area contributed by atoms with Crippen molar-refractivity contribution in [3.05, 3.63) is 0 Å². The van der Waals surface area contributed by atoms with Crippen molar-refractivity contribution >= 4 is 11.9 Å². The lowest BCUT2D eigenvalue weighted by atomic mass is 10.1. The number of hydrogen-bond donors (Lipinski definition) is 0. The highest BCUT2D eigenvalue weighted by molar-refractivity contribution is 5.74. The molecule has 0 aromatic rings. The second-order valence-corrected chi connectivity index (χ2v) is 6.18. The molecule has 20 heavy (non-hydrogen) atoms. The smallest absolute Gasteiger partial charge is 0.308 e. The molecule has 0 spiro atoms. The Bertz CT molecular complexity index is 327. The maximum atomic E-state index is 11.9. The Morgan fingerprint density at radius 2 is 1.45 bits per heavy atom. The highest BCUT2D eigenvalue weighted by Crippen LogP contribution is 2.24. The van der Waals surface area contributed by atoms with E-state index in [1.165, 1.54) is 0 Å². The van der Waals surface area contributed by atoms with Crippen LogP contribution < -0.4 is 0 Å². The van der Waals surface area contributed by atoms with E-state index in [-0.39, 0.29) is 30.1 Å². The molecule has 4 nitrogen and oxygen atoms in total. The van der Waals surface area contributed by atoms with Crippen molar-refractivity contribution in [1.82, 2.24) is 0 Å². The summed E-state index contributed by atoms with van der Waals surface area (Å²) in [5, 5.41) is 0. The molecule has 0 radical (unpaired) electrons. The summed E-state index contributed by atoms with van der Waals surface area (Å²) in [4.78, 5) is 23.6. The third-order valence-corrected chi connectivity index (χ3v) is 4.37. The van der Waals surface area contributed by atoms with Crippen LogP contribution >= 0.6 is 0 Å². The van der Waals surface area contributed by atoms with E-state index >= 15 is 0 Å². The van der Waals surface area contributed by atoms with Gasteiger partial charge in [-0.3, -0.25) is 9.59 Å². The molecule has 0 saturated heterocycles. The van der Waals surface area contributed by atoms with Crippen LogP contribution in [0.3, 0.4) is 0 Å². The Kier molecular flexibility index (Phi) is 5.86. The average Bonchev–Trinajstić information content (AvgIpc) is 3.09. The van der Waals surface area contributed by atoms with Crippen LogP contribution in [0.5, 0.6) is 0 Å². The third kappa shape index (κ3) is 4.80. The first kappa shape index (κ1) is 15.3. The second kappa shape index (κ2) is 7.65. The minimum Gasteiger partial charge on any atom is -0.462 e. The molecule has 2 aliphatic rings. The van der Waals surface area contributed by atoms with Gasteiger partial charge in [0.15, 0.2) is 0 Å². The predicted molar refractivity (Wildman–Crippen MR) is 75.1 cm³/mol. The van der Waals surface area contributed by atoms with E-state index < -0.39 is 0 Å². The summed E-state index contributed by atoms with van der Waals surface area (Å²) >= 11 is 0. The third-order valence-electron chi connectivity index (χ3n) is 4.37. The Labute approximate surface area is 121 Å². The van der Waals surface area contributed by atoms with Crippen molar-refractivity contribution in [3.63, 3.8) is 0 Å². The molecule has 0 heterocycles. The van der Waals surface area contributed by atoms with Crippen LogP contribution in [-0.2, 0) is 19.1 Å². The van der Waals surface area contributed by atoms with Gasteiger partial charge in [0.05, 0.1) is 5.92 Å². The van der Waals surface area contributed by atoms with Gasteiger partial charge in [-0.2, -0.15) is 0 Å². The number of esters is 2. The van der Waals surface area contributed by atoms with Crippen molar-refractivity contribution in [2.45, 2.75) is 83.3 Å². The van der Waals surface area contributed by atoms with Gasteiger partial charge >= 0.3 is 11.9 Å². The van der Waals surface area contributed by atoms with Gasteiger partial charge in [-0.05, 0) is 57.8 Å². The van der Waals surface area contributed by atoms with E-state index in [1.807, 2.05) is 6.92 Å². The van der Waals surface area contributed by atoms with Gasteiger partial charge in [-0.15, -0.1) is 0 Å². The van der Waals surface area contributed by atoms with Gasteiger partial charge in [0.25, 0.3) is 0 Å². The molecule has 2 fully saturated rings. The highest BCUT2D eigenvalue weighted by atomic mass is 16.5. The van der Waals surface area contributed by atoms with Crippen LogP contribution in [0, 0.1) is 5.92 Å². The lowest BCUT2D eigenvalue weighted by Crippen LogP contribution is -2.22. The lowest BCUT2D eigenvalue weighted by molar-refractivity contribution is -0.154. The van der Waals surface area contributed by atoms with Crippen LogP contribution in [-0.4, -0.2) is 24.1 Å². The maximum Gasteiger partial charge on any atom is 0.308 e. The quantitative estimate of drug-likeness (QED) is 0.701. The normalized spacial score (nSPS) is 21.9. The van der Waals surface area contributed by atoms with Gasteiger partial charge in [0, 0.05) is 6.42 Å². The number of carbonyl (C=O) groups excluding carboxylic acids is 2. The molecule has 0 aromatic heterocycles. The minimum atomic E-state index is -0.216. The maximum absolute atomic E-state index is 11.9. The standard InChI is InChI=1S/C16H26O4/c1-12(16(18)20-14-8-4-5-9-14)10-11-15(17)19-13-6-2-3-7-13/h12-14H,2-11H2,1H3. The molecule has 0 N–H and O–H groups in total. The SMILES string of the molecule is CC(CCC(=O)OC1CCCC1)C(=O)OC1CCCC1. The van der Waals surface area contributed by atoms with Crippen molar-refractivity contribution in [1.29, 1.82) is 0 Å². The summed E-state index contributed by atoms with van der Waals surface area (Å²) < 4.78 is 10.8. The summed E-state index contributed by atoms with van der Waals surface area (Å²) in [6.07, 6.45) is 9.64. The lowest BCUT2D eigenvalue weighted by Gasteiger charge is -2.16.